The molecule has 5 atom stereocenters. The van der Waals surface area contributed by atoms with Crippen molar-refractivity contribution in [1.29, 1.82) is 0 Å². The van der Waals surface area contributed by atoms with E-state index in [1.807, 2.05) is 0 Å². The molecule has 124 valence electrons. The molecular formula is C18H36N2O. The molecule has 0 aromatic carbocycles. The van der Waals surface area contributed by atoms with Crippen LogP contribution in [0.1, 0.15) is 53.4 Å². The Labute approximate surface area is 131 Å². The van der Waals surface area contributed by atoms with Crippen LogP contribution in [0.5, 0.6) is 0 Å². The number of nitrogens with one attached hydrogen (secondary N) is 1. The second-order valence-electron chi connectivity index (χ2n) is 7.61. The van der Waals surface area contributed by atoms with Crippen LogP contribution in [0.2, 0.25) is 0 Å². The number of hydrogen-bond donors (Lipinski definition) is 1. The van der Waals surface area contributed by atoms with E-state index >= 15 is 0 Å². The average Bonchev–Trinajstić information content (AvgIpc) is 2.87. The fraction of sp³-hybridized carbons (Fsp3) is 1.00. The third-order valence-corrected chi connectivity index (χ3v) is 5.86. The minimum Gasteiger partial charge on any atom is -0.377 e. The van der Waals surface area contributed by atoms with Crippen LogP contribution in [0.3, 0.4) is 0 Å². The van der Waals surface area contributed by atoms with Gasteiger partial charge in [0.15, 0.2) is 0 Å². The molecular weight excluding hydrogens is 260 g/mol. The highest BCUT2D eigenvalue weighted by atomic mass is 16.5. The lowest BCUT2D eigenvalue weighted by Gasteiger charge is -2.41. The maximum atomic E-state index is 5.75. The van der Waals surface area contributed by atoms with Gasteiger partial charge in [-0.2, -0.15) is 0 Å². The zero-order valence-corrected chi connectivity index (χ0v) is 14.8. The molecule has 5 unspecified atom stereocenters. The van der Waals surface area contributed by atoms with Crippen molar-refractivity contribution >= 4 is 0 Å². The minimum absolute atomic E-state index is 0.400. The smallest absolute Gasteiger partial charge is 0.0702 e. The molecule has 0 aromatic heterocycles. The number of hydrogen-bond acceptors (Lipinski definition) is 3. The van der Waals surface area contributed by atoms with Crippen molar-refractivity contribution in [3.63, 3.8) is 0 Å². The molecule has 0 aromatic rings. The highest BCUT2D eigenvalue weighted by Gasteiger charge is 2.35. The van der Waals surface area contributed by atoms with E-state index in [4.69, 9.17) is 4.74 Å². The number of ether oxygens (including phenoxy) is 1. The molecule has 1 saturated heterocycles. The van der Waals surface area contributed by atoms with Crippen molar-refractivity contribution in [3.8, 4) is 0 Å². The molecule has 0 spiro atoms. The molecule has 3 heteroatoms. The summed E-state index contributed by atoms with van der Waals surface area (Å²) in [5.74, 6) is 2.54. The van der Waals surface area contributed by atoms with Crippen molar-refractivity contribution in [1.82, 2.24) is 10.2 Å². The Morgan fingerprint density at radius 1 is 1.24 bits per heavy atom. The largest absolute Gasteiger partial charge is 0.377 e. The second-order valence-corrected chi connectivity index (χ2v) is 7.61. The fourth-order valence-corrected chi connectivity index (χ4v) is 4.44. The first-order chi connectivity index (χ1) is 10.0. The van der Waals surface area contributed by atoms with Crippen LogP contribution in [-0.2, 0) is 4.74 Å². The van der Waals surface area contributed by atoms with Gasteiger partial charge in [-0.3, -0.25) is 0 Å². The van der Waals surface area contributed by atoms with Crippen molar-refractivity contribution < 1.29 is 4.74 Å². The molecule has 1 aliphatic heterocycles. The molecule has 1 saturated carbocycles. The first-order valence-electron chi connectivity index (χ1n) is 9.08. The van der Waals surface area contributed by atoms with E-state index in [1.54, 1.807) is 0 Å². The Balaban J connectivity index is 1.95. The van der Waals surface area contributed by atoms with Gasteiger partial charge in [-0.25, -0.2) is 0 Å². The summed E-state index contributed by atoms with van der Waals surface area (Å²) >= 11 is 0. The maximum Gasteiger partial charge on any atom is 0.0702 e. The number of rotatable bonds is 6. The van der Waals surface area contributed by atoms with Crippen LogP contribution in [-0.4, -0.2) is 49.8 Å². The van der Waals surface area contributed by atoms with E-state index in [0.29, 0.717) is 18.2 Å². The van der Waals surface area contributed by atoms with Gasteiger partial charge < -0.3 is 15.0 Å². The van der Waals surface area contributed by atoms with Gasteiger partial charge >= 0.3 is 0 Å². The summed E-state index contributed by atoms with van der Waals surface area (Å²) in [5, 5.41) is 3.74. The highest BCUT2D eigenvalue weighted by molar-refractivity contribution is 4.89. The first-order valence-corrected chi connectivity index (χ1v) is 9.08. The van der Waals surface area contributed by atoms with Gasteiger partial charge in [0, 0.05) is 25.2 Å². The minimum atomic E-state index is 0.400. The van der Waals surface area contributed by atoms with Crippen LogP contribution >= 0.6 is 0 Å². The van der Waals surface area contributed by atoms with Crippen LogP contribution in [0.25, 0.3) is 0 Å². The van der Waals surface area contributed by atoms with Gasteiger partial charge in [0.05, 0.1) is 6.10 Å². The predicted molar refractivity (Wildman–Crippen MR) is 89.6 cm³/mol. The molecule has 21 heavy (non-hydrogen) atoms. The van der Waals surface area contributed by atoms with Gasteiger partial charge in [0.25, 0.3) is 0 Å². The third kappa shape index (κ3) is 4.43. The van der Waals surface area contributed by atoms with Crippen molar-refractivity contribution in [2.45, 2.75) is 71.6 Å². The van der Waals surface area contributed by atoms with Crippen molar-refractivity contribution in [2.75, 3.05) is 26.7 Å². The third-order valence-electron chi connectivity index (χ3n) is 5.86. The Bertz CT molecular complexity index is 308. The van der Waals surface area contributed by atoms with Crippen LogP contribution in [0.15, 0.2) is 0 Å². The van der Waals surface area contributed by atoms with E-state index in [1.165, 1.54) is 32.2 Å². The summed E-state index contributed by atoms with van der Waals surface area (Å²) in [6.07, 6.45) is 5.74. The molecule has 0 radical (unpaired) electrons. The summed E-state index contributed by atoms with van der Waals surface area (Å²) in [4.78, 5) is 2.58. The Morgan fingerprint density at radius 3 is 2.57 bits per heavy atom. The molecule has 0 bridgehead atoms. The van der Waals surface area contributed by atoms with E-state index in [2.05, 4.69) is 45.0 Å². The molecule has 1 aliphatic carbocycles. The highest BCUT2D eigenvalue weighted by Crippen LogP contribution is 2.35. The standard InChI is InChI=1S/C18H36N2O/c1-6-19-17-8-7-15(13(2)3)11-16(17)12-20(5)18-9-10-21-14(18)4/h13-19H,6-12H2,1-5H3. The number of nitrogens with zero attached hydrogens (tertiary/aromatic N) is 1. The Hall–Kier alpha value is -0.120. The average molecular weight is 296 g/mol. The quantitative estimate of drug-likeness (QED) is 0.815. The summed E-state index contributed by atoms with van der Waals surface area (Å²) in [6, 6.07) is 1.33. The lowest BCUT2D eigenvalue weighted by atomic mass is 9.73. The predicted octanol–water partition coefficient (Wildman–Crippen LogP) is 3.15. The zero-order valence-electron chi connectivity index (χ0n) is 14.8. The van der Waals surface area contributed by atoms with Gasteiger partial charge in [-0.05, 0) is 64.0 Å². The van der Waals surface area contributed by atoms with E-state index in [-0.39, 0.29) is 0 Å². The summed E-state index contributed by atoms with van der Waals surface area (Å²) in [5.41, 5.74) is 0. The Morgan fingerprint density at radius 2 is 2.00 bits per heavy atom. The monoisotopic (exact) mass is 296 g/mol. The molecule has 2 rings (SSSR count). The molecule has 0 amide bonds. The summed E-state index contributed by atoms with van der Waals surface area (Å²) in [7, 11) is 2.30. The topological polar surface area (TPSA) is 24.5 Å². The van der Waals surface area contributed by atoms with E-state index < -0.39 is 0 Å². The molecule has 2 aliphatic rings. The molecule has 2 fully saturated rings. The van der Waals surface area contributed by atoms with Crippen LogP contribution in [0.4, 0.5) is 0 Å². The Kier molecular flexibility index (Phi) is 6.51. The van der Waals surface area contributed by atoms with Gasteiger partial charge in [-0.1, -0.05) is 20.8 Å². The van der Waals surface area contributed by atoms with Crippen LogP contribution in [0, 0.1) is 17.8 Å². The zero-order chi connectivity index (χ0) is 15.4. The lowest BCUT2D eigenvalue weighted by molar-refractivity contribution is 0.0638. The van der Waals surface area contributed by atoms with E-state index in [9.17, 15) is 0 Å². The van der Waals surface area contributed by atoms with Crippen molar-refractivity contribution in [3.05, 3.63) is 0 Å². The van der Waals surface area contributed by atoms with Crippen molar-refractivity contribution in [2.24, 2.45) is 17.8 Å². The molecule has 1 N–H and O–H groups in total. The molecule has 1 heterocycles. The molecule has 3 nitrogen and oxygen atoms in total. The summed E-state index contributed by atoms with van der Waals surface area (Å²) < 4.78 is 5.75. The fourth-order valence-electron chi connectivity index (χ4n) is 4.44. The summed E-state index contributed by atoms with van der Waals surface area (Å²) in [6.45, 7) is 12.5. The van der Waals surface area contributed by atoms with Gasteiger partial charge in [0.2, 0.25) is 0 Å². The normalized spacial score (nSPS) is 37.6. The number of likely N-dealkylation sites (N-methyl/N-ethyl adjacent to an activating group) is 1. The van der Waals surface area contributed by atoms with Gasteiger partial charge in [0.1, 0.15) is 0 Å². The van der Waals surface area contributed by atoms with Crippen LogP contribution < -0.4 is 5.32 Å². The van der Waals surface area contributed by atoms with Gasteiger partial charge in [-0.15, -0.1) is 0 Å². The SMILES string of the molecule is CCNC1CCC(C(C)C)CC1CN(C)C1CCOC1C. The van der Waals surface area contributed by atoms with E-state index in [0.717, 1.165) is 30.9 Å². The first kappa shape index (κ1) is 17.2. The maximum absolute atomic E-state index is 5.75. The second kappa shape index (κ2) is 7.94. The lowest BCUT2D eigenvalue weighted by Crippen LogP contribution is -2.48.